The summed E-state index contributed by atoms with van der Waals surface area (Å²) in [5.41, 5.74) is 4.74. The first kappa shape index (κ1) is 13.7. The van der Waals surface area contributed by atoms with Crippen LogP contribution in [0.2, 0.25) is 5.02 Å². The van der Waals surface area contributed by atoms with Gasteiger partial charge in [0.25, 0.3) is 5.69 Å². The van der Waals surface area contributed by atoms with Crippen LogP contribution in [0.25, 0.3) is 0 Å². The van der Waals surface area contributed by atoms with Crippen molar-refractivity contribution in [1.29, 1.82) is 0 Å². The number of hydrogen-bond acceptors (Lipinski definition) is 4. The molecule has 0 saturated heterocycles. The maximum Gasteiger partial charge on any atom is 0.295 e. The van der Waals surface area contributed by atoms with E-state index in [2.05, 4.69) is 5.32 Å². The molecule has 0 bridgehead atoms. The topological polar surface area (TPSA) is 81.2 Å². The largest absolute Gasteiger partial charge is 0.373 e. The van der Waals surface area contributed by atoms with Crippen molar-refractivity contribution in [3.8, 4) is 0 Å². The molecule has 0 aliphatic carbocycles. The summed E-state index contributed by atoms with van der Waals surface area (Å²) in [4.78, 5) is 10.1. The van der Waals surface area contributed by atoms with Gasteiger partial charge in [-0.1, -0.05) is 11.6 Å². The van der Waals surface area contributed by atoms with Gasteiger partial charge in [0, 0.05) is 12.1 Å². The highest BCUT2D eigenvalue weighted by Gasteiger charge is 2.23. The molecular weight excluding hydrogens is 249 g/mol. The number of nitrogens with one attached hydrogen (secondary N) is 1. The normalized spacial score (nSPS) is 11.4. The Balaban J connectivity index is 3.22. The fourth-order valence-corrected chi connectivity index (χ4v) is 1.37. The standard InChI is InChI=1S/C10H13ClFN3O2/c1-10(2,5-13)14-8-3-6(11)7(12)4-9(8)15(16)17/h3-4,14H,5,13H2,1-2H3. The van der Waals surface area contributed by atoms with Crippen molar-refractivity contribution < 1.29 is 9.31 Å². The van der Waals surface area contributed by atoms with Crippen LogP contribution in [0.5, 0.6) is 0 Å². The van der Waals surface area contributed by atoms with Gasteiger partial charge in [-0.05, 0) is 19.9 Å². The van der Waals surface area contributed by atoms with Crippen molar-refractivity contribution in [2.75, 3.05) is 11.9 Å². The molecule has 1 rings (SSSR count). The molecule has 0 unspecified atom stereocenters. The molecule has 94 valence electrons. The van der Waals surface area contributed by atoms with E-state index < -0.39 is 16.3 Å². The highest BCUT2D eigenvalue weighted by molar-refractivity contribution is 6.31. The third-order valence-corrected chi connectivity index (χ3v) is 2.51. The molecule has 0 aliphatic heterocycles. The number of anilines is 1. The minimum atomic E-state index is -0.825. The van der Waals surface area contributed by atoms with E-state index in [-0.39, 0.29) is 22.9 Å². The lowest BCUT2D eigenvalue weighted by atomic mass is 10.1. The zero-order valence-electron chi connectivity index (χ0n) is 9.46. The average Bonchev–Trinajstić information content (AvgIpc) is 2.22. The van der Waals surface area contributed by atoms with E-state index in [4.69, 9.17) is 17.3 Å². The van der Waals surface area contributed by atoms with Crippen LogP contribution in [0.1, 0.15) is 13.8 Å². The summed E-state index contributed by atoms with van der Waals surface area (Å²) < 4.78 is 13.1. The SMILES string of the molecule is CC(C)(CN)Nc1cc(Cl)c(F)cc1[N+](=O)[O-]. The van der Waals surface area contributed by atoms with Gasteiger partial charge >= 0.3 is 0 Å². The third kappa shape index (κ3) is 3.28. The Morgan fingerprint density at radius 1 is 1.59 bits per heavy atom. The molecule has 0 aliphatic rings. The third-order valence-electron chi connectivity index (χ3n) is 2.22. The molecule has 0 atom stereocenters. The smallest absolute Gasteiger partial charge is 0.295 e. The summed E-state index contributed by atoms with van der Waals surface area (Å²) >= 11 is 5.59. The molecule has 0 heterocycles. The highest BCUT2D eigenvalue weighted by Crippen LogP contribution is 2.31. The van der Waals surface area contributed by atoms with Crippen LogP contribution in [0.3, 0.4) is 0 Å². The van der Waals surface area contributed by atoms with E-state index in [1.54, 1.807) is 13.8 Å². The molecule has 5 nitrogen and oxygen atoms in total. The predicted octanol–water partition coefficient (Wildman–Crippen LogP) is 2.54. The molecule has 7 heteroatoms. The van der Waals surface area contributed by atoms with Crippen LogP contribution in [-0.2, 0) is 0 Å². The van der Waals surface area contributed by atoms with Crippen molar-refractivity contribution in [3.05, 3.63) is 33.1 Å². The summed E-state index contributed by atoms with van der Waals surface area (Å²) in [5.74, 6) is -0.825. The van der Waals surface area contributed by atoms with Gasteiger partial charge in [-0.15, -0.1) is 0 Å². The predicted molar refractivity (Wildman–Crippen MR) is 64.8 cm³/mol. The van der Waals surface area contributed by atoms with Crippen molar-refractivity contribution in [1.82, 2.24) is 0 Å². The van der Waals surface area contributed by atoms with E-state index in [0.29, 0.717) is 0 Å². The molecular formula is C10H13ClFN3O2. The van der Waals surface area contributed by atoms with E-state index in [1.165, 1.54) is 6.07 Å². The van der Waals surface area contributed by atoms with Crippen LogP contribution >= 0.6 is 11.6 Å². The van der Waals surface area contributed by atoms with Crippen LogP contribution < -0.4 is 11.1 Å². The molecule has 1 aromatic carbocycles. The lowest BCUT2D eigenvalue weighted by Gasteiger charge is -2.25. The van der Waals surface area contributed by atoms with Crippen molar-refractivity contribution in [2.45, 2.75) is 19.4 Å². The van der Waals surface area contributed by atoms with Gasteiger partial charge in [0.2, 0.25) is 0 Å². The lowest BCUT2D eigenvalue weighted by Crippen LogP contribution is -2.39. The monoisotopic (exact) mass is 261 g/mol. The number of hydrogen-bond donors (Lipinski definition) is 2. The Hall–Kier alpha value is -1.40. The van der Waals surface area contributed by atoms with Crippen LogP contribution in [-0.4, -0.2) is 17.0 Å². The minimum Gasteiger partial charge on any atom is -0.373 e. The first-order chi connectivity index (χ1) is 7.76. The molecule has 0 radical (unpaired) electrons. The Kier molecular flexibility index (Phi) is 3.90. The lowest BCUT2D eigenvalue weighted by molar-refractivity contribution is -0.384. The molecule has 0 fully saturated rings. The fourth-order valence-electron chi connectivity index (χ4n) is 1.20. The number of benzene rings is 1. The van der Waals surface area contributed by atoms with E-state index in [0.717, 1.165) is 6.07 Å². The molecule has 17 heavy (non-hydrogen) atoms. The first-order valence-electron chi connectivity index (χ1n) is 4.88. The van der Waals surface area contributed by atoms with Crippen molar-refractivity contribution in [3.63, 3.8) is 0 Å². The summed E-state index contributed by atoms with van der Waals surface area (Å²) in [5, 5.41) is 13.5. The Labute approximate surface area is 103 Å². The number of nitro groups is 1. The molecule has 0 aromatic heterocycles. The second kappa shape index (κ2) is 4.85. The summed E-state index contributed by atoms with van der Waals surface area (Å²) in [6.07, 6.45) is 0. The van der Waals surface area contributed by atoms with Gasteiger partial charge in [0.05, 0.1) is 16.0 Å². The second-order valence-corrected chi connectivity index (χ2v) is 4.66. The molecule has 0 saturated carbocycles. The maximum atomic E-state index is 13.1. The van der Waals surface area contributed by atoms with Gasteiger partial charge in [0.15, 0.2) is 0 Å². The van der Waals surface area contributed by atoms with Gasteiger partial charge < -0.3 is 11.1 Å². The molecule has 0 spiro atoms. The Morgan fingerprint density at radius 3 is 2.65 bits per heavy atom. The van der Waals surface area contributed by atoms with E-state index >= 15 is 0 Å². The quantitative estimate of drug-likeness (QED) is 0.645. The average molecular weight is 262 g/mol. The van der Waals surface area contributed by atoms with Crippen molar-refractivity contribution in [2.24, 2.45) is 5.73 Å². The Morgan fingerprint density at radius 2 is 2.18 bits per heavy atom. The first-order valence-corrected chi connectivity index (χ1v) is 5.26. The minimum absolute atomic E-state index is 0.150. The van der Waals surface area contributed by atoms with Gasteiger partial charge in [-0.25, -0.2) is 4.39 Å². The molecule has 1 aromatic rings. The van der Waals surface area contributed by atoms with Gasteiger partial charge in [0.1, 0.15) is 11.5 Å². The highest BCUT2D eigenvalue weighted by atomic mass is 35.5. The summed E-state index contributed by atoms with van der Waals surface area (Å²) in [7, 11) is 0. The number of nitrogens with zero attached hydrogens (tertiary/aromatic N) is 1. The van der Waals surface area contributed by atoms with Crippen molar-refractivity contribution >= 4 is 23.0 Å². The molecule has 3 N–H and O–H groups in total. The number of rotatable bonds is 4. The van der Waals surface area contributed by atoms with Crippen LogP contribution in [0.4, 0.5) is 15.8 Å². The second-order valence-electron chi connectivity index (χ2n) is 4.25. The zero-order valence-corrected chi connectivity index (χ0v) is 10.2. The molecule has 0 amide bonds. The summed E-state index contributed by atoms with van der Waals surface area (Å²) in [6.45, 7) is 3.81. The fraction of sp³-hybridized carbons (Fsp3) is 0.400. The van der Waals surface area contributed by atoms with Gasteiger partial charge in [-0.3, -0.25) is 10.1 Å². The number of nitro benzene ring substituents is 1. The zero-order chi connectivity index (χ0) is 13.2. The van der Waals surface area contributed by atoms with Crippen LogP contribution in [0, 0.1) is 15.9 Å². The van der Waals surface area contributed by atoms with E-state index in [1.807, 2.05) is 0 Å². The van der Waals surface area contributed by atoms with E-state index in [9.17, 15) is 14.5 Å². The number of nitrogens with two attached hydrogens (primary N) is 1. The Bertz CT molecular complexity index is 451. The van der Waals surface area contributed by atoms with Crippen LogP contribution in [0.15, 0.2) is 12.1 Å². The summed E-state index contributed by atoms with van der Waals surface area (Å²) in [6, 6.07) is 1.98. The number of halogens is 2. The van der Waals surface area contributed by atoms with Gasteiger partial charge in [-0.2, -0.15) is 0 Å². The maximum absolute atomic E-state index is 13.1.